The molecule has 0 amide bonds. The summed E-state index contributed by atoms with van der Waals surface area (Å²) in [6.45, 7) is 2.53. The van der Waals surface area contributed by atoms with Crippen LogP contribution in [0.4, 0.5) is 5.69 Å². The molecular formula is C20H21Cl2N3O4S2. The number of hydrogen-bond donors (Lipinski definition) is 2. The number of sulfonamides is 2. The van der Waals surface area contributed by atoms with Crippen molar-refractivity contribution in [3.05, 3.63) is 52.1 Å². The second kappa shape index (κ2) is 8.29. The number of halogens is 2. The molecular weight excluding hydrogens is 481 g/mol. The quantitative estimate of drug-likeness (QED) is 0.526. The molecule has 1 aliphatic rings. The van der Waals surface area contributed by atoms with Gasteiger partial charge in [-0.2, -0.15) is 4.31 Å². The number of nitrogens with one attached hydrogen (secondary N) is 2. The Kier molecular flexibility index (Phi) is 5.99. The molecule has 4 rings (SSSR count). The van der Waals surface area contributed by atoms with E-state index in [4.69, 9.17) is 23.2 Å². The van der Waals surface area contributed by atoms with Gasteiger partial charge in [-0.25, -0.2) is 16.8 Å². The van der Waals surface area contributed by atoms with E-state index in [1.807, 2.05) is 0 Å². The lowest BCUT2D eigenvalue weighted by atomic mass is 10.2. The van der Waals surface area contributed by atoms with E-state index < -0.39 is 20.0 Å². The first-order chi connectivity index (χ1) is 14.6. The van der Waals surface area contributed by atoms with Crippen LogP contribution in [0, 0.1) is 6.92 Å². The molecule has 0 unspecified atom stereocenters. The molecule has 11 heteroatoms. The van der Waals surface area contributed by atoms with Crippen LogP contribution >= 0.6 is 23.2 Å². The number of aromatic amines is 1. The van der Waals surface area contributed by atoms with Gasteiger partial charge >= 0.3 is 0 Å². The van der Waals surface area contributed by atoms with Crippen LogP contribution in [0.3, 0.4) is 0 Å². The standard InChI is InChI=1S/C20H21Cl2N3O4S2/c1-13-5-6-14(11-18(13)31(28,29)25-9-3-2-4-10-25)30(26,27)24-17-8-7-15(21)19-16(22)12-23-20(17)19/h5-8,11-12,23-24H,2-4,9-10H2,1H3. The summed E-state index contributed by atoms with van der Waals surface area (Å²) in [5.74, 6) is 0. The second-order valence-electron chi connectivity index (χ2n) is 7.48. The summed E-state index contributed by atoms with van der Waals surface area (Å²) in [7, 11) is -7.86. The van der Waals surface area contributed by atoms with Crippen LogP contribution in [0.15, 0.2) is 46.3 Å². The normalized spacial score (nSPS) is 16.0. The Balaban J connectivity index is 1.73. The maximum Gasteiger partial charge on any atom is 0.262 e. The van der Waals surface area contributed by atoms with Crippen molar-refractivity contribution in [2.24, 2.45) is 0 Å². The fourth-order valence-electron chi connectivity index (χ4n) is 3.73. The summed E-state index contributed by atoms with van der Waals surface area (Å²) in [5, 5.41) is 1.25. The summed E-state index contributed by atoms with van der Waals surface area (Å²) >= 11 is 12.3. The zero-order chi connectivity index (χ0) is 22.4. The van der Waals surface area contributed by atoms with Gasteiger partial charge in [-0.15, -0.1) is 0 Å². The van der Waals surface area contributed by atoms with Crippen molar-refractivity contribution >= 4 is 59.8 Å². The molecule has 3 aromatic rings. The Morgan fingerprint density at radius 1 is 0.968 bits per heavy atom. The highest BCUT2D eigenvalue weighted by Gasteiger charge is 2.29. The highest BCUT2D eigenvalue weighted by atomic mass is 35.5. The Labute approximate surface area is 191 Å². The van der Waals surface area contributed by atoms with Crippen LogP contribution < -0.4 is 4.72 Å². The number of H-pyrrole nitrogens is 1. The van der Waals surface area contributed by atoms with E-state index in [1.165, 1.54) is 34.8 Å². The summed E-state index contributed by atoms with van der Waals surface area (Å²) in [4.78, 5) is 2.77. The molecule has 1 fully saturated rings. The van der Waals surface area contributed by atoms with E-state index in [0.29, 0.717) is 39.6 Å². The number of aromatic nitrogens is 1. The van der Waals surface area contributed by atoms with Crippen molar-refractivity contribution in [1.29, 1.82) is 0 Å². The van der Waals surface area contributed by atoms with Crippen LogP contribution in [-0.4, -0.2) is 39.2 Å². The molecule has 2 aromatic carbocycles. The number of aryl methyl sites for hydroxylation is 1. The first-order valence-electron chi connectivity index (χ1n) is 9.70. The van der Waals surface area contributed by atoms with Gasteiger partial charge in [-0.1, -0.05) is 35.7 Å². The zero-order valence-electron chi connectivity index (χ0n) is 16.7. The highest BCUT2D eigenvalue weighted by molar-refractivity contribution is 7.93. The molecule has 0 aliphatic carbocycles. The van der Waals surface area contributed by atoms with Crippen LogP contribution in [-0.2, 0) is 20.0 Å². The average molecular weight is 502 g/mol. The number of hydrogen-bond acceptors (Lipinski definition) is 4. The molecule has 1 saturated heterocycles. The van der Waals surface area contributed by atoms with Crippen molar-refractivity contribution in [2.75, 3.05) is 17.8 Å². The molecule has 166 valence electrons. The van der Waals surface area contributed by atoms with Crippen LogP contribution in [0.5, 0.6) is 0 Å². The van der Waals surface area contributed by atoms with Gasteiger partial charge in [-0.05, 0) is 49.6 Å². The lowest BCUT2D eigenvalue weighted by Crippen LogP contribution is -2.36. The topological polar surface area (TPSA) is 99.3 Å². The Morgan fingerprint density at radius 3 is 2.39 bits per heavy atom. The van der Waals surface area contributed by atoms with Crippen LogP contribution in [0.2, 0.25) is 10.0 Å². The first kappa shape index (κ1) is 22.4. The van der Waals surface area contributed by atoms with Crippen molar-refractivity contribution in [2.45, 2.75) is 36.0 Å². The van der Waals surface area contributed by atoms with Gasteiger partial charge < -0.3 is 4.98 Å². The van der Waals surface area contributed by atoms with E-state index >= 15 is 0 Å². The average Bonchev–Trinajstić information content (AvgIpc) is 3.13. The Morgan fingerprint density at radius 2 is 1.68 bits per heavy atom. The third-order valence-corrected chi connectivity index (χ3v) is 9.40. The minimum absolute atomic E-state index is 0.00134. The predicted molar refractivity (Wildman–Crippen MR) is 123 cm³/mol. The summed E-state index contributed by atoms with van der Waals surface area (Å²) in [5.41, 5.74) is 1.19. The highest BCUT2D eigenvalue weighted by Crippen LogP contribution is 2.35. The molecule has 0 atom stereocenters. The van der Waals surface area contributed by atoms with Gasteiger partial charge in [0.15, 0.2) is 0 Å². The van der Waals surface area contributed by atoms with Crippen molar-refractivity contribution in [1.82, 2.24) is 9.29 Å². The molecule has 7 nitrogen and oxygen atoms in total. The largest absolute Gasteiger partial charge is 0.358 e. The van der Waals surface area contributed by atoms with Gasteiger partial charge in [-0.3, -0.25) is 4.72 Å². The maximum absolute atomic E-state index is 13.1. The van der Waals surface area contributed by atoms with E-state index in [0.717, 1.165) is 19.3 Å². The minimum Gasteiger partial charge on any atom is -0.358 e. The van der Waals surface area contributed by atoms with Crippen molar-refractivity contribution in [3.8, 4) is 0 Å². The van der Waals surface area contributed by atoms with Crippen LogP contribution in [0.25, 0.3) is 10.9 Å². The van der Waals surface area contributed by atoms with Gasteiger partial charge in [0.25, 0.3) is 10.0 Å². The molecule has 0 bridgehead atoms. The minimum atomic E-state index is -4.08. The molecule has 0 spiro atoms. The third kappa shape index (κ3) is 4.17. The molecule has 0 radical (unpaired) electrons. The summed E-state index contributed by atoms with van der Waals surface area (Å²) in [6, 6.07) is 7.18. The van der Waals surface area contributed by atoms with Gasteiger partial charge in [0.2, 0.25) is 10.0 Å². The fourth-order valence-corrected chi connectivity index (χ4v) is 7.23. The van der Waals surface area contributed by atoms with E-state index in [-0.39, 0.29) is 15.5 Å². The fraction of sp³-hybridized carbons (Fsp3) is 0.300. The molecule has 31 heavy (non-hydrogen) atoms. The lowest BCUT2D eigenvalue weighted by molar-refractivity contribution is 0.346. The van der Waals surface area contributed by atoms with E-state index in [2.05, 4.69) is 9.71 Å². The SMILES string of the molecule is Cc1ccc(S(=O)(=O)Nc2ccc(Cl)c3c(Cl)c[nH]c23)cc1S(=O)(=O)N1CCCCC1. The maximum atomic E-state index is 13.1. The number of piperidine rings is 1. The van der Waals surface area contributed by atoms with Gasteiger partial charge in [0.1, 0.15) is 0 Å². The van der Waals surface area contributed by atoms with Crippen LogP contribution in [0.1, 0.15) is 24.8 Å². The molecule has 2 N–H and O–H groups in total. The number of fused-ring (bicyclic) bond motifs is 1. The summed E-state index contributed by atoms with van der Waals surface area (Å²) < 4.78 is 56.4. The lowest BCUT2D eigenvalue weighted by Gasteiger charge is -2.26. The Hall–Kier alpha value is -1.78. The van der Waals surface area contributed by atoms with Crippen molar-refractivity contribution < 1.29 is 16.8 Å². The third-order valence-electron chi connectivity index (χ3n) is 5.38. The molecule has 1 aromatic heterocycles. The summed E-state index contributed by atoms with van der Waals surface area (Å²) in [6.07, 6.45) is 4.10. The first-order valence-corrected chi connectivity index (χ1v) is 13.4. The number of rotatable bonds is 5. The molecule has 0 saturated carbocycles. The number of nitrogens with zero attached hydrogens (tertiary/aromatic N) is 1. The number of benzene rings is 2. The zero-order valence-corrected chi connectivity index (χ0v) is 19.8. The van der Waals surface area contributed by atoms with Gasteiger partial charge in [0.05, 0.1) is 31.0 Å². The van der Waals surface area contributed by atoms with Gasteiger partial charge in [0, 0.05) is 24.7 Å². The number of anilines is 1. The molecule has 2 heterocycles. The Bertz CT molecular complexity index is 1360. The van der Waals surface area contributed by atoms with E-state index in [9.17, 15) is 16.8 Å². The van der Waals surface area contributed by atoms with Crippen molar-refractivity contribution in [3.63, 3.8) is 0 Å². The smallest absolute Gasteiger partial charge is 0.262 e. The monoisotopic (exact) mass is 501 g/mol. The predicted octanol–water partition coefficient (Wildman–Crippen LogP) is 4.76. The van der Waals surface area contributed by atoms with E-state index in [1.54, 1.807) is 13.0 Å². The second-order valence-corrected chi connectivity index (χ2v) is 11.9. The molecule has 1 aliphatic heterocycles.